The van der Waals surface area contributed by atoms with Gasteiger partial charge in [0, 0.05) is 19.3 Å². The van der Waals surface area contributed by atoms with Crippen molar-refractivity contribution in [2.75, 3.05) is 6.54 Å². The van der Waals surface area contributed by atoms with Gasteiger partial charge in [-0.15, -0.1) is 0 Å². The lowest BCUT2D eigenvalue weighted by atomic mass is 10.2. The van der Waals surface area contributed by atoms with Crippen molar-refractivity contribution in [3.63, 3.8) is 0 Å². The van der Waals surface area contributed by atoms with Crippen molar-refractivity contribution < 1.29 is 4.79 Å². The molecule has 0 unspecified atom stereocenters. The topological polar surface area (TPSA) is 44.1 Å². The second-order valence-corrected chi connectivity index (χ2v) is 5.04. The van der Waals surface area contributed by atoms with E-state index in [0.717, 1.165) is 11.1 Å². The molecule has 0 radical (unpaired) electrons. The zero-order valence-corrected chi connectivity index (χ0v) is 12.8. The van der Waals surface area contributed by atoms with Crippen LogP contribution in [0.2, 0.25) is 0 Å². The van der Waals surface area contributed by atoms with E-state index in [1.807, 2.05) is 83.8 Å². The van der Waals surface area contributed by atoms with Crippen LogP contribution in [0.3, 0.4) is 0 Å². The summed E-state index contributed by atoms with van der Waals surface area (Å²) in [5.41, 5.74) is 2.36. The fraction of sp³-hybridized carbons (Fsp3) is 0.100. The fourth-order valence-electron chi connectivity index (χ4n) is 2.15. The van der Waals surface area contributed by atoms with Gasteiger partial charge < -0.3 is 4.90 Å². The van der Waals surface area contributed by atoms with Crippen LogP contribution in [0.5, 0.6) is 0 Å². The molecule has 0 spiro atoms. The van der Waals surface area contributed by atoms with E-state index in [1.54, 1.807) is 6.20 Å². The highest BCUT2D eigenvalue weighted by molar-refractivity contribution is 5.78. The van der Waals surface area contributed by atoms with Crippen molar-refractivity contribution in [1.29, 1.82) is 5.26 Å². The summed E-state index contributed by atoms with van der Waals surface area (Å²) in [5, 5.41) is 8.95. The number of benzene rings is 2. The molecule has 0 aromatic heterocycles. The van der Waals surface area contributed by atoms with Gasteiger partial charge in [0.05, 0.1) is 0 Å². The number of nitrogens with zero attached hydrogens (tertiary/aromatic N) is 2. The summed E-state index contributed by atoms with van der Waals surface area (Å²) in [5.74, 6) is 0. The molecule has 2 aromatic rings. The monoisotopic (exact) mass is 302 g/mol. The van der Waals surface area contributed by atoms with Gasteiger partial charge in [-0.2, -0.15) is 5.26 Å². The standard InChI is InChI=1S/C20H18N2O/c21-14-20(17-23)16-22(15-19-10-5-2-6-11-19)13-7-12-18-8-3-1-4-9-18/h1-12,16-17H,13,15H2/b12-7-,20-16+. The average Bonchev–Trinajstić information content (AvgIpc) is 2.61. The van der Waals surface area contributed by atoms with Crippen LogP contribution in [-0.2, 0) is 11.3 Å². The summed E-state index contributed by atoms with van der Waals surface area (Å²) in [6.45, 7) is 1.25. The Morgan fingerprint density at radius 1 is 1.04 bits per heavy atom. The summed E-state index contributed by atoms with van der Waals surface area (Å²) in [6.07, 6.45) is 6.24. The number of hydrogen-bond donors (Lipinski definition) is 0. The number of allylic oxidation sites excluding steroid dienone is 1. The Morgan fingerprint density at radius 2 is 1.70 bits per heavy atom. The maximum absolute atomic E-state index is 10.9. The molecule has 2 aromatic carbocycles. The van der Waals surface area contributed by atoms with Crippen molar-refractivity contribution >= 4 is 12.4 Å². The minimum absolute atomic E-state index is 0.119. The minimum atomic E-state index is 0.119. The quantitative estimate of drug-likeness (QED) is 0.444. The van der Waals surface area contributed by atoms with Crippen LogP contribution in [0.15, 0.2) is 78.5 Å². The third kappa shape index (κ3) is 5.64. The van der Waals surface area contributed by atoms with Crippen molar-refractivity contribution in [3.05, 3.63) is 89.6 Å². The fourth-order valence-corrected chi connectivity index (χ4v) is 2.15. The Bertz CT molecular complexity index is 712. The second kappa shape index (κ2) is 9.01. The number of carbonyl (C=O) groups is 1. The van der Waals surface area contributed by atoms with Gasteiger partial charge >= 0.3 is 0 Å². The molecule has 0 fully saturated rings. The minimum Gasteiger partial charge on any atom is -0.368 e. The molecule has 0 atom stereocenters. The van der Waals surface area contributed by atoms with Crippen molar-refractivity contribution in [3.8, 4) is 6.07 Å². The summed E-state index contributed by atoms with van der Waals surface area (Å²) in [4.78, 5) is 12.8. The van der Waals surface area contributed by atoms with Gasteiger partial charge in [0.15, 0.2) is 6.29 Å². The summed E-state index contributed by atoms with van der Waals surface area (Å²) >= 11 is 0. The average molecular weight is 302 g/mol. The lowest BCUT2D eigenvalue weighted by Crippen LogP contribution is -2.17. The van der Waals surface area contributed by atoms with Gasteiger partial charge in [-0.3, -0.25) is 4.79 Å². The number of nitriles is 1. The van der Waals surface area contributed by atoms with Crippen LogP contribution in [-0.4, -0.2) is 17.7 Å². The predicted octanol–water partition coefficient (Wildman–Crippen LogP) is 3.81. The van der Waals surface area contributed by atoms with Crippen LogP contribution >= 0.6 is 0 Å². The highest BCUT2D eigenvalue weighted by Gasteiger charge is 2.02. The normalized spacial score (nSPS) is 11.2. The van der Waals surface area contributed by atoms with Crippen LogP contribution in [0.25, 0.3) is 6.08 Å². The van der Waals surface area contributed by atoms with Gasteiger partial charge in [-0.25, -0.2) is 0 Å². The molecule has 3 nitrogen and oxygen atoms in total. The largest absolute Gasteiger partial charge is 0.368 e. The molecule has 0 aliphatic heterocycles. The first kappa shape index (κ1) is 16.3. The van der Waals surface area contributed by atoms with E-state index in [4.69, 9.17) is 5.26 Å². The van der Waals surface area contributed by atoms with Crippen LogP contribution in [0.4, 0.5) is 0 Å². The van der Waals surface area contributed by atoms with E-state index in [2.05, 4.69) is 0 Å². The lowest BCUT2D eigenvalue weighted by Gasteiger charge is -2.18. The molecule has 3 heteroatoms. The number of aldehydes is 1. The predicted molar refractivity (Wildman–Crippen MR) is 92.1 cm³/mol. The third-order valence-electron chi connectivity index (χ3n) is 3.26. The Balaban J connectivity index is 2.10. The number of carbonyl (C=O) groups excluding carboxylic acids is 1. The molecule has 0 saturated heterocycles. The summed E-state index contributed by atoms with van der Waals surface area (Å²) in [6, 6.07) is 21.9. The van der Waals surface area contributed by atoms with Gasteiger partial charge in [0.1, 0.15) is 11.6 Å². The molecule has 0 aliphatic rings. The number of hydrogen-bond acceptors (Lipinski definition) is 3. The zero-order chi connectivity index (χ0) is 16.3. The van der Waals surface area contributed by atoms with Crippen molar-refractivity contribution in [1.82, 2.24) is 4.90 Å². The van der Waals surface area contributed by atoms with Crippen LogP contribution < -0.4 is 0 Å². The van der Waals surface area contributed by atoms with E-state index in [0.29, 0.717) is 19.4 Å². The van der Waals surface area contributed by atoms with E-state index in [-0.39, 0.29) is 5.57 Å². The highest BCUT2D eigenvalue weighted by Crippen LogP contribution is 2.08. The van der Waals surface area contributed by atoms with Crippen LogP contribution in [0.1, 0.15) is 11.1 Å². The van der Waals surface area contributed by atoms with E-state index >= 15 is 0 Å². The Hall–Kier alpha value is -3.12. The highest BCUT2D eigenvalue weighted by atomic mass is 16.1. The molecule has 0 amide bonds. The van der Waals surface area contributed by atoms with Gasteiger partial charge in [0.2, 0.25) is 0 Å². The molecule has 0 bridgehead atoms. The third-order valence-corrected chi connectivity index (χ3v) is 3.26. The Kier molecular flexibility index (Phi) is 6.37. The van der Waals surface area contributed by atoms with E-state index in [1.165, 1.54) is 0 Å². The number of rotatable bonds is 7. The molecule has 114 valence electrons. The zero-order valence-electron chi connectivity index (χ0n) is 12.8. The Labute approximate surface area is 136 Å². The first-order valence-corrected chi connectivity index (χ1v) is 7.38. The van der Waals surface area contributed by atoms with E-state index < -0.39 is 0 Å². The molecule has 0 aliphatic carbocycles. The first-order chi connectivity index (χ1) is 11.3. The molecule has 0 saturated carbocycles. The maximum Gasteiger partial charge on any atom is 0.162 e. The maximum atomic E-state index is 10.9. The lowest BCUT2D eigenvalue weighted by molar-refractivity contribution is -0.104. The summed E-state index contributed by atoms with van der Waals surface area (Å²) in [7, 11) is 0. The first-order valence-electron chi connectivity index (χ1n) is 7.38. The summed E-state index contributed by atoms with van der Waals surface area (Å²) < 4.78 is 0. The molecule has 2 rings (SSSR count). The van der Waals surface area contributed by atoms with E-state index in [9.17, 15) is 4.79 Å². The second-order valence-electron chi connectivity index (χ2n) is 5.04. The Morgan fingerprint density at radius 3 is 2.30 bits per heavy atom. The van der Waals surface area contributed by atoms with Gasteiger partial charge in [0.25, 0.3) is 0 Å². The molecular formula is C20H18N2O. The molecule has 23 heavy (non-hydrogen) atoms. The molecule has 0 heterocycles. The van der Waals surface area contributed by atoms with Crippen molar-refractivity contribution in [2.45, 2.75) is 6.54 Å². The molecule has 0 N–H and O–H groups in total. The SMILES string of the molecule is N#C/C(C=O)=C\N(C/C=C\c1ccccc1)Cc1ccccc1. The van der Waals surface area contributed by atoms with Crippen molar-refractivity contribution in [2.24, 2.45) is 0 Å². The smallest absolute Gasteiger partial charge is 0.162 e. The van der Waals surface area contributed by atoms with Crippen LogP contribution in [0, 0.1) is 11.3 Å². The van der Waals surface area contributed by atoms with Gasteiger partial charge in [-0.1, -0.05) is 72.8 Å². The molecular weight excluding hydrogens is 284 g/mol. The van der Waals surface area contributed by atoms with Gasteiger partial charge in [-0.05, 0) is 11.1 Å².